The quantitative estimate of drug-likeness (QED) is 0.360. The zero-order valence-electron chi connectivity index (χ0n) is 20.9. The highest BCUT2D eigenvalue weighted by atomic mass is 16.3. The van der Waals surface area contributed by atoms with Crippen LogP contribution in [0.3, 0.4) is 0 Å². The van der Waals surface area contributed by atoms with E-state index in [4.69, 9.17) is 9.98 Å². The number of aliphatic hydroxyl groups excluding tert-OH is 2. The van der Waals surface area contributed by atoms with E-state index in [2.05, 4.69) is 45.2 Å². The first kappa shape index (κ1) is 26.5. The van der Waals surface area contributed by atoms with Gasteiger partial charge in [-0.25, -0.2) is 9.98 Å². The molecule has 0 aliphatic heterocycles. The average molecular weight is 455 g/mol. The van der Waals surface area contributed by atoms with Crippen molar-refractivity contribution in [2.75, 3.05) is 18.5 Å². The van der Waals surface area contributed by atoms with E-state index < -0.39 is 5.54 Å². The van der Waals surface area contributed by atoms with Gasteiger partial charge in [0.15, 0.2) is 5.82 Å². The van der Waals surface area contributed by atoms with Crippen LogP contribution in [0.4, 0.5) is 11.6 Å². The number of fused-ring (bicyclic) bond motifs is 1. The maximum absolute atomic E-state index is 13.1. The maximum Gasteiger partial charge on any atom is 0.262 e. The lowest BCUT2D eigenvalue weighted by molar-refractivity contribution is 0.234. The number of anilines is 1. The molecular weight excluding hydrogens is 416 g/mol. The summed E-state index contributed by atoms with van der Waals surface area (Å²) in [6.07, 6.45) is 6.77. The topological polar surface area (TPSA) is 99.7 Å². The molecule has 0 saturated carbocycles. The van der Waals surface area contributed by atoms with Gasteiger partial charge in [-0.3, -0.25) is 4.79 Å². The first-order valence-corrected chi connectivity index (χ1v) is 11.5. The largest absolute Gasteiger partial charge is 0.395 e. The van der Waals surface area contributed by atoms with Gasteiger partial charge in [-0.1, -0.05) is 25.5 Å². The van der Waals surface area contributed by atoms with Crippen LogP contribution in [0.2, 0.25) is 0 Å². The first-order valence-electron chi connectivity index (χ1n) is 11.5. The van der Waals surface area contributed by atoms with E-state index in [9.17, 15) is 15.0 Å². The van der Waals surface area contributed by atoms with E-state index in [1.54, 1.807) is 6.20 Å². The second-order valence-corrected chi connectivity index (χ2v) is 9.14. The molecule has 7 nitrogen and oxygen atoms in total. The van der Waals surface area contributed by atoms with E-state index in [0.29, 0.717) is 22.4 Å². The second-order valence-electron chi connectivity index (χ2n) is 9.14. The van der Waals surface area contributed by atoms with Crippen LogP contribution in [-0.4, -0.2) is 44.2 Å². The van der Waals surface area contributed by atoms with Crippen LogP contribution in [0.5, 0.6) is 0 Å². The smallest absolute Gasteiger partial charge is 0.262 e. The Bertz CT molecular complexity index is 1130. The molecule has 0 aromatic carbocycles. The maximum atomic E-state index is 13.1. The molecule has 0 fully saturated rings. The monoisotopic (exact) mass is 454 g/mol. The summed E-state index contributed by atoms with van der Waals surface area (Å²) in [6.45, 7) is 14.0. The molecule has 3 N–H and O–H groups in total. The molecule has 7 heteroatoms. The molecule has 2 aromatic rings. The van der Waals surface area contributed by atoms with Crippen molar-refractivity contribution >= 4 is 28.1 Å². The van der Waals surface area contributed by atoms with Crippen LogP contribution >= 0.6 is 0 Å². The number of aliphatic hydroxyl groups is 2. The third-order valence-electron chi connectivity index (χ3n) is 5.92. The number of hydrogen-bond donors (Lipinski definition) is 3. The van der Waals surface area contributed by atoms with Crippen LogP contribution in [-0.2, 0) is 6.54 Å². The third kappa shape index (κ3) is 6.62. The van der Waals surface area contributed by atoms with Crippen LogP contribution in [0.15, 0.2) is 51.4 Å². The lowest BCUT2D eigenvalue weighted by Gasteiger charge is -2.25. The third-order valence-corrected chi connectivity index (χ3v) is 5.92. The van der Waals surface area contributed by atoms with Crippen molar-refractivity contribution < 1.29 is 10.2 Å². The van der Waals surface area contributed by atoms with Gasteiger partial charge in [-0.15, -0.1) is 0 Å². The molecule has 1 unspecified atom stereocenters. The van der Waals surface area contributed by atoms with Gasteiger partial charge < -0.3 is 20.1 Å². The van der Waals surface area contributed by atoms with Crippen molar-refractivity contribution in [3.8, 4) is 0 Å². The Morgan fingerprint density at radius 1 is 1.30 bits per heavy atom. The predicted molar refractivity (Wildman–Crippen MR) is 138 cm³/mol. The lowest BCUT2D eigenvalue weighted by Crippen LogP contribution is -2.36. The molecule has 0 bridgehead atoms. The molecule has 2 aromatic heterocycles. The Morgan fingerprint density at radius 2 is 2.00 bits per heavy atom. The fourth-order valence-electron chi connectivity index (χ4n) is 3.27. The molecule has 0 radical (unpaired) electrons. The van der Waals surface area contributed by atoms with Crippen molar-refractivity contribution in [1.82, 2.24) is 9.55 Å². The molecule has 1 atom stereocenters. The highest BCUT2D eigenvalue weighted by molar-refractivity contribution is 6.00. The Hall–Kier alpha value is -2.77. The summed E-state index contributed by atoms with van der Waals surface area (Å²) >= 11 is 0. The first-order chi connectivity index (χ1) is 15.6. The normalized spacial score (nSPS) is 14.6. The predicted octanol–water partition coefficient (Wildman–Crippen LogP) is 4.60. The molecule has 33 heavy (non-hydrogen) atoms. The molecule has 0 spiro atoms. The molecule has 0 aliphatic rings. The van der Waals surface area contributed by atoms with Crippen molar-refractivity contribution in [2.45, 2.75) is 67.0 Å². The number of pyridine rings is 2. The highest BCUT2D eigenvalue weighted by Gasteiger charge is 2.21. The van der Waals surface area contributed by atoms with E-state index in [-0.39, 0.29) is 31.2 Å². The van der Waals surface area contributed by atoms with Gasteiger partial charge in [0.2, 0.25) is 0 Å². The van der Waals surface area contributed by atoms with Crippen molar-refractivity contribution in [1.29, 1.82) is 0 Å². The van der Waals surface area contributed by atoms with E-state index in [1.807, 2.05) is 32.9 Å². The standard InChI is InChI=1S/C26H38N4O3/c1-8-17(3)19(5)14-21(18(4)9-2)27-22-15-20-10-11-30(12-13-31)25(33)23(20)24(28-22)29-26(6,7)16-32/h8,10-11,14-15,18,31-32H,9,12-13,16H2,1-7H3,(H,28,29)/b17-8?,19-14-,27-21?. The highest BCUT2D eigenvalue weighted by Crippen LogP contribution is 2.27. The van der Waals surface area contributed by atoms with Crippen LogP contribution in [0, 0.1) is 5.92 Å². The SMILES string of the molecule is CC=C(C)/C(C)=C\C(=Nc1cc2ccn(CCO)c(=O)c2c(NC(C)(C)CO)n1)C(C)CC. The van der Waals surface area contributed by atoms with Crippen LogP contribution in [0.25, 0.3) is 10.8 Å². The number of aliphatic imine (C=N–C) groups is 1. The molecular formula is C26H38N4O3. The van der Waals surface area contributed by atoms with Crippen molar-refractivity contribution in [3.05, 3.63) is 52.0 Å². The minimum absolute atomic E-state index is 0.135. The molecule has 2 rings (SSSR count). The van der Waals surface area contributed by atoms with Crippen molar-refractivity contribution in [2.24, 2.45) is 10.9 Å². The summed E-state index contributed by atoms with van der Waals surface area (Å²) in [6, 6.07) is 3.64. The van der Waals surface area contributed by atoms with Gasteiger partial charge in [0.25, 0.3) is 5.56 Å². The molecule has 0 saturated heterocycles. The van der Waals surface area contributed by atoms with E-state index >= 15 is 0 Å². The fraction of sp³-hybridized carbons (Fsp3) is 0.500. The summed E-state index contributed by atoms with van der Waals surface area (Å²) in [5.74, 6) is 1.09. The van der Waals surface area contributed by atoms with Crippen LogP contribution < -0.4 is 10.9 Å². The van der Waals surface area contributed by atoms with Crippen LogP contribution in [0.1, 0.15) is 54.9 Å². The Kier molecular flexibility index (Phi) is 9.14. The van der Waals surface area contributed by atoms with E-state index in [0.717, 1.165) is 17.7 Å². The van der Waals surface area contributed by atoms with Gasteiger partial charge in [0.1, 0.15) is 5.82 Å². The zero-order valence-corrected chi connectivity index (χ0v) is 20.9. The Balaban J connectivity index is 2.78. The number of hydrogen-bond acceptors (Lipinski definition) is 6. The summed E-state index contributed by atoms with van der Waals surface area (Å²) in [5, 5.41) is 23.4. The molecule has 0 aliphatic carbocycles. The van der Waals surface area contributed by atoms with Crippen molar-refractivity contribution in [3.63, 3.8) is 0 Å². The summed E-state index contributed by atoms with van der Waals surface area (Å²) < 4.78 is 1.46. The summed E-state index contributed by atoms with van der Waals surface area (Å²) in [5.41, 5.74) is 2.32. The zero-order chi connectivity index (χ0) is 24.8. The molecule has 180 valence electrons. The van der Waals surface area contributed by atoms with Gasteiger partial charge in [-0.05, 0) is 76.1 Å². The number of nitrogens with zero attached hydrogens (tertiary/aromatic N) is 3. The van der Waals surface area contributed by atoms with E-state index in [1.165, 1.54) is 10.1 Å². The van der Waals surface area contributed by atoms with Gasteiger partial charge in [0.05, 0.1) is 24.1 Å². The minimum atomic E-state index is -0.689. The minimum Gasteiger partial charge on any atom is -0.395 e. The Morgan fingerprint density at radius 3 is 2.58 bits per heavy atom. The van der Waals surface area contributed by atoms with Gasteiger partial charge in [-0.2, -0.15) is 0 Å². The average Bonchev–Trinajstić information content (AvgIpc) is 2.78. The fourth-order valence-corrected chi connectivity index (χ4v) is 3.27. The number of allylic oxidation sites excluding steroid dienone is 4. The van der Waals surface area contributed by atoms with Gasteiger partial charge >= 0.3 is 0 Å². The number of rotatable bonds is 10. The summed E-state index contributed by atoms with van der Waals surface area (Å²) in [4.78, 5) is 22.7. The second kappa shape index (κ2) is 11.4. The van der Waals surface area contributed by atoms with Gasteiger partial charge in [0, 0.05) is 18.5 Å². The number of nitrogens with one attached hydrogen (secondary N) is 1. The summed E-state index contributed by atoms with van der Waals surface area (Å²) in [7, 11) is 0. The Labute approximate surface area is 196 Å². The molecule has 0 amide bonds. The number of aromatic nitrogens is 2. The lowest BCUT2D eigenvalue weighted by atomic mass is 9.98. The molecule has 2 heterocycles.